The first-order valence-electron chi connectivity index (χ1n) is 7.32. The molecule has 1 aromatic rings. The van der Waals surface area contributed by atoms with Crippen LogP contribution in [0.5, 0.6) is 0 Å². The minimum Gasteiger partial charge on any atom is -0.329 e. The van der Waals surface area contributed by atoms with Crippen LogP contribution in [0.2, 0.25) is 4.34 Å². The van der Waals surface area contributed by atoms with E-state index in [0.717, 1.165) is 27.9 Å². The quantitative estimate of drug-likeness (QED) is 0.875. The van der Waals surface area contributed by atoms with Gasteiger partial charge >= 0.3 is 0 Å². The molecule has 2 aliphatic heterocycles. The van der Waals surface area contributed by atoms with Crippen LogP contribution in [0.15, 0.2) is 10.5 Å². The number of nitrogens with zero attached hydrogens (tertiary/aromatic N) is 2. The number of thiophene rings is 1. The van der Waals surface area contributed by atoms with Gasteiger partial charge in [0.05, 0.1) is 6.04 Å². The minimum absolute atomic E-state index is 0.310. The first-order chi connectivity index (χ1) is 9.69. The highest BCUT2D eigenvalue weighted by Gasteiger charge is 2.32. The fourth-order valence-electron chi connectivity index (χ4n) is 3.49. The largest absolute Gasteiger partial charge is 0.329 e. The molecule has 0 aliphatic carbocycles. The summed E-state index contributed by atoms with van der Waals surface area (Å²) in [5.41, 5.74) is 6.08. The van der Waals surface area contributed by atoms with Crippen molar-refractivity contribution in [2.75, 3.05) is 32.7 Å². The van der Waals surface area contributed by atoms with Crippen LogP contribution in [-0.2, 0) is 0 Å². The lowest BCUT2D eigenvalue weighted by Crippen LogP contribution is -2.40. The molecule has 20 heavy (non-hydrogen) atoms. The molecule has 0 saturated carbocycles. The van der Waals surface area contributed by atoms with Crippen LogP contribution in [0.1, 0.15) is 30.2 Å². The van der Waals surface area contributed by atoms with Gasteiger partial charge in [-0.3, -0.25) is 9.80 Å². The summed E-state index contributed by atoms with van der Waals surface area (Å²) in [6.45, 7) is 5.47. The fourth-order valence-corrected chi connectivity index (χ4v) is 5.38. The standard InChI is InChI=1S/C14H21BrClN3S/c15-11-7-13(20-14(11)16)12(8-17)19-6-2-5-18-4-1-3-10(18)9-19/h7,10,12H,1-6,8-9,17H2. The van der Waals surface area contributed by atoms with E-state index in [4.69, 9.17) is 17.3 Å². The third kappa shape index (κ3) is 3.08. The molecule has 0 spiro atoms. The summed E-state index contributed by atoms with van der Waals surface area (Å²) < 4.78 is 1.82. The Labute approximate surface area is 138 Å². The van der Waals surface area contributed by atoms with Gasteiger partial charge in [-0.25, -0.2) is 0 Å². The zero-order valence-corrected chi connectivity index (χ0v) is 14.7. The molecule has 1 aromatic heterocycles. The molecule has 6 heteroatoms. The highest BCUT2D eigenvalue weighted by Crippen LogP contribution is 2.37. The maximum absolute atomic E-state index is 6.19. The van der Waals surface area contributed by atoms with Crippen LogP contribution in [0.3, 0.4) is 0 Å². The van der Waals surface area contributed by atoms with Gasteiger partial charge < -0.3 is 5.73 Å². The Morgan fingerprint density at radius 1 is 1.40 bits per heavy atom. The van der Waals surface area contributed by atoms with Crippen LogP contribution < -0.4 is 5.73 Å². The molecule has 2 aliphatic rings. The third-order valence-electron chi connectivity index (χ3n) is 4.49. The van der Waals surface area contributed by atoms with Gasteiger partial charge in [0.15, 0.2) is 0 Å². The Morgan fingerprint density at radius 2 is 2.20 bits per heavy atom. The van der Waals surface area contributed by atoms with E-state index in [0.29, 0.717) is 12.6 Å². The number of nitrogens with two attached hydrogens (primary N) is 1. The number of rotatable bonds is 3. The van der Waals surface area contributed by atoms with Crippen molar-refractivity contribution in [2.45, 2.75) is 31.3 Å². The lowest BCUT2D eigenvalue weighted by Gasteiger charge is -2.31. The van der Waals surface area contributed by atoms with Crippen molar-refractivity contribution in [1.29, 1.82) is 0 Å². The summed E-state index contributed by atoms with van der Waals surface area (Å²) in [6, 6.07) is 3.18. The Morgan fingerprint density at radius 3 is 2.90 bits per heavy atom. The Hall–Kier alpha value is 0.350. The van der Waals surface area contributed by atoms with Gasteiger partial charge in [-0.15, -0.1) is 11.3 Å². The van der Waals surface area contributed by atoms with Crippen LogP contribution in [-0.4, -0.2) is 48.6 Å². The third-order valence-corrected chi connectivity index (χ3v) is 7.07. The van der Waals surface area contributed by atoms with E-state index < -0.39 is 0 Å². The Bertz CT molecular complexity index is 448. The zero-order chi connectivity index (χ0) is 14.1. The van der Waals surface area contributed by atoms with Crippen LogP contribution >= 0.6 is 38.9 Å². The van der Waals surface area contributed by atoms with E-state index in [1.807, 2.05) is 0 Å². The second kappa shape index (κ2) is 6.63. The van der Waals surface area contributed by atoms with Gasteiger partial charge in [0, 0.05) is 35.0 Å². The lowest BCUT2D eigenvalue weighted by molar-refractivity contribution is 0.178. The molecule has 3 nitrogen and oxygen atoms in total. The summed E-state index contributed by atoms with van der Waals surface area (Å²) in [6.07, 6.45) is 3.93. The summed E-state index contributed by atoms with van der Waals surface area (Å²) in [7, 11) is 0. The smallest absolute Gasteiger partial charge is 0.107 e. The van der Waals surface area contributed by atoms with Crippen molar-refractivity contribution < 1.29 is 0 Å². The van der Waals surface area contributed by atoms with Crippen molar-refractivity contribution in [1.82, 2.24) is 9.80 Å². The number of hydrogen-bond acceptors (Lipinski definition) is 4. The molecule has 2 N–H and O–H groups in total. The minimum atomic E-state index is 0.310. The molecule has 2 unspecified atom stereocenters. The van der Waals surface area contributed by atoms with Crippen molar-refractivity contribution in [3.8, 4) is 0 Å². The second-order valence-corrected chi connectivity index (χ2v) is 8.24. The maximum atomic E-state index is 6.19. The van der Waals surface area contributed by atoms with E-state index in [1.165, 1.54) is 37.2 Å². The Balaban J connectivity index is 1.77. The van der Waals surface area contributed by atoms with Gasteiger partial charge in [0.25, 0.3) is 0 Å². The van der Waals surface area contributed by atoms with Crippen LogP contribution in [0, 0.1) is 0 Å². The number of fused-ring (bicyclic) bond motifs is 1. The predicted molar refractivity (Wildman–Crippen MR) is 89.6 cm³/mol. The predicted octanol–water partition coefficient (Wildman–Crippen LogP) is 3.33. The molecule has 0 bridgehead atoms. The average Bonchev–Trinajstić information content (AvgIpc) is 2.93. The van der Waals surface area contributed by atoms with Gasteiger partial charge in [-0.1, -0.05) is 11.6 Å². The first kappa shape index (κ1) is 15.3. The molecule has 0 aromatic carbocycles. The van der Waals surface area contributed by atoms with Crippen molar-refractivity contribution in [3.63, 3.8) is 0 Å². The van der Waals surface area contributed by atoms with Crippen LogP contribution in [0.4, 0.5) is 0 Å². The normalized spacial score (nSPS) is 26.4. The van der Waals surface area contributed by atoms with Crippen molar-refractivity contribution >= 4 is 38.9 Å². The molecule has 3 heterocycles. The summed E-state index contributed by atoms with van der Waals surface area (Å²) in [4.78, 5) is 6.52. The zero-order valence-electron chi connectivity index (χ0n) is 11.5. The fraction of sp³-hybridized carbons (Fsp3) is 0.714. The Kier molecular flexibility index (Phi) is 5.06. The molecule has 3 rings (SSSR count). The molecule has 2 saturated heterocycles. The molecular weight excluding hydrogens is 358 g/mol. The second-order valence-electron chi connectivity index (χ2n) is 5.70. The van der Waals surface area contributed by atoms with Gasteiger partial charge in [-0.2, -0.15) is 0 Å². The molecule has 2 atom stereocenters. The molecule has 2 fully saturated rings. The van der Waals surface area contributed by atoms with Gasteiger partial charge in [-0.05, 0) is 54.3 Å². The topological polar surface area (TPSA) is 32.5 Å². The molecule has 0 radical (unpaired) electrons. The molecule has 0 amide bonds. The highest BCUT2D eigenvalue weighted by molar-refractivity contribution is 9.10. The maximum Gasteiger partial charge on any atom is 0.107 e. The summed E-state index contributed by atoms with van der Waals surface area (Å²) >= 11 is 11.4. The van der Waals surface area contributed by atoms with Crippen molar-refractivity contribution in [3.05, 3.63) is 19.8 Å². The first-order valence-corrected chi connectivity index (χ1v) is 9.30. The van der Waals surface area contributed by atoms with Crippen molar-refractivity contribution in [2.24, 2.45) is 5.73 Å². The number of halogens is 2. The van der Waals surface area contributed by atoms with E-state index in [2.05, 4.69) is 31.8 Å². The highest BCUT2D eigenvalue weighted by atomic mass is 79.9. The molecule has 112 valence electrons. The monoisotopic (exact) mass is 377 g/mol. The van der Waals surface area contributed by atoms with E-state index in [9.17, 15) is 0 Å². The van der Waals surface area contributed by atoms with E-state index >= 15 is 0 Å². The SMILES string of the molecule is NCC(c1cc(Br)c(Cl)s1)N1CCCN2CCCC2C1. The van der Waals surface area contributed by atoms with E-state index in [1.54, 1.807) is 11.3 Å². The van der Waals surface area contributed by atoms with Gasteiger partial charge in [0.2, 0.25) is 0 Å². The van der Waals surface area contributed by atoms with E-state index in [-0.39, 0.29) is 0 Å². The summed E-state index contributed by atoms with van der Waals surface area (Å²) in [5.74, 6) is 0. The summed E-state index contributed by atoms with van der Waals surface area (Å²) in [5, 5.41) is 0. The molecular formula is C14H21BrClN3S. The number of hydrogen-bond donors (Lipinski definition) is 1. The van der Waals surface area contributed by atoms with Gasteiger partial charge in [0.1, 0.15) is 4.34 Å². The average molecular weight is 379 g/mol. The van der Waals surface area contributed by atoms with Crippen LogP contribution in [0.25, 0.3) is 0 Å². The lowest BCUT2D eigenvalue weighted by atomic mass is 10.1.